The molecule has 0 bridgehead atoms. The van der Waals surface area contributed by atoms with Crippen LogP contribution in [0.15, 0.2) is 4.42 Å². The van der Waals surface area contributed by atoms with Crippen molar-refractivity contribution in [3.05, 3.63) is 5.89 Å². The van der Waals surface area contributed by atoms with Crippen LogP contribution in [-0.2, 0) is 6.42 Å². The normalized spacial score (nSPS) is 18.6. The van der Waals surface area contributed by atoms with Crippen molar-refractivity contribution >= 4 is 17.6 Å². The van der Waals surface area contributed by atoms with E-state index < -0.39 is 0 Å². The highest BCUT2D eigenvalue weighted by Crippen LogP contribution is 2.37. The van der Waals surface area contributed by atoms with E-state index >= 15 is 0 Å². The van der Waals surface area contributed by atoms with Crippen LogP contribution in [0.3, 0.4) is 0 Å². The summed E-state index contributed by atoms with van der Waals surface area (Å²) in [6.45, 7) is 2.14. The number of hydrogen-bond acceptors (Lipinski definition) is 4. The van der Waals surface area contributed by atoms with Crippen molar-refractivity contribution in [1.29, 1.82) is 0 Å². The number of anilines is 1. The van der Waals surface area contributed by atoms with Crippen molar-refractivity contribution < 1.29 is 4.42 Å². The van der Waals surface area contributed by atoms with E-state index in [1.807, 2.05) is 0 Å². The summed E-state index contributed by atoms with van der Waals surface area (Å²) in [5, 5.41) is 10.9. The van der Waals surface area contributed by atoms with E-state index in [0.29, 0.717) is 24.2 Å². The Bertz CT molecular complexity index is 295. The van der Waals surface area contributed by atoms with E-state index in [2.05, 4.69) is 22.4 Å². The summed E-state index contributed by atoms with van der Waals surface area (Å²) in [6.07, 6.45) is 2.97. The Morgan fingerprint density at radius 2 is 2.31 bits per heavy atom. The van der Waals surface area contributed by atoms with E-state index in [4.69, 9.17) is 16.0 Å². The van der Waals surface area contributed by atoms with Crippen molar-refractivity contribution in [1.82, 2.24) is 10.2 Å². The van der Waals surface area contributed by atoms with E-state index in [9.17, 15) is 0 Å². The quantitative estimate of drug-likeness (QED) is 0.755. The zero-order valence-electron chi connectivity index (χ0n) is 7.51. The van der Waals surface area contributed by atoms with Crippen LogP contribution >= 0.6 is 11.6 Å². The molecule has 1 N–H and O–H groups in total. The maximum Gasteiger partial charge on any atom is 0.315 e. The van der Waals surface area contributed by atoms with E-state index in [1.54, 1.807) is 0 Å². The van der Waals surface area contributed by atoms with Gasteiger partial charge in [-0.15, -0.1) is 16.7 Å². The Hall–Kier alpha value is -0.770. The first kappa shape index (κ1) is 8.81. The van der Waals surface area contributed by atoms with Gasteiger partial charge in [0.05, 0.1) is 0 Å². The Balaban J connectivity index is 1.97. The number of aryl methyl sites for hydroxylation is 1. The molecule has 0 unspecified atom stereocenters. The highest BCUT2D eigenvalue weighted by atomic mass is 35.5. The first-order valence-electron chi connectivity index (χ1n) is 4.38. The second-order valence-corrected chi connectivity index (χ2v) is 4.00. The molecule has 0 atom stereocenters. The summed E-state index contributed by atoms with van der Waals surface area (Å²) in [7, 11) is 0. The van der Waals surface area contributed by atoms with Gasteiger partial charge in [-0.2, -0.15) is 0 Å². The fourth-order valence-electron chi connectivity index (χ4n) is 1.06. The van der Waals surface area contributed by atoms with Gasteiger partial charge in [0.15, 0.2) is 0 Å². The van der Waals surface area contributed by atoms with Gasteiger partial charge in [-0.25, -0.2) is 0 Å². The van der Waals surface area contributed by atoms with Crippen molar-refractivity contribution in [3.8, 4) is 0 Å². The molecule has 1 saturated carbocycles. The lowest BCUT2D eigenvalue weighted by Gasteiger charge is -2.06. The third kappa shape index (κ3) is 2.12. The molecule has 0 radical (unpaired) electrons. The van der Waals surface area contributed by atoms with Gasteiger partial charge in [0.2, 0.25) is 5.89 Å². The molecule has 1 aromatic rings. The highest BCUT2D eigenvalue weighted by molar-refractivity contribution is 6.17. The summed E-state index contributed by atoms with van der Waals surface area (Å²) >= 11 is 5.54. The maximum absolute atomic E-state index is 5.54. The topological polar surface area (TPSA) is 51.0 Å². The van der Waals surface area contributed by atoms with E-state index in [-0.39, 0.29) is 5.54 Å². The van der Waals surface area contributed by atoms with E-state index in [1.165, 1.54) is 12.8 Å². The Labute approximate surface area is 81.7 Å². The fourth-order valence-corrected chi connectivity index (χ4v) is 1.22. The van der Waals surface area contributed by atoms with Crippen LogP contribution in [0.25, 0.3) is 0 Å². The van der Waals surface area contributed by atoms with Crippen LogP contribution in [0.4, 0.5) is 6.01 Å². The number of nitrogens with one attached hydrogen (secondary N) is 1. The Morgan fingerprint density at radius 1 is 1.54 bits per heavy atom. The predicted molar refractivity (Wildman–Crippen MR) is 50.0 cm³/mol. The minimum absolute atomic E-state index is 0.185. The molecule has 1 aliphatic carbocycles. The molecule has 1 heterocycles. The van der Waals surface area contributed by atoms with Gasteiger partial charge < -0.3 is 9.73 Å². The van der Waals surface area contributed by atoms with Crippen LogP contribution in [-0.4, -0.2) is 21.6 Å². The summed E-state index contributed by atoms with van der Waals surface area (Å²) in [4.78, 5) is 0. The zero-order valence-corrected chi connectivity index (χ0v) is 8.26. The number of nitrogens with zero attached hydrogens (tertiary/aromatic N) is 2. The molecule has 72 valence electrons. The van der Waals surface area contributed by atoms with Gasteiger partial charge in [0.25, 0.3) is 0 Å². The minimum atomic E-state index is 0.185. The largest absolute Gasteiger partial charge is 0.408 e. The second kappa shape index (κ2) is 3.18. The third-order valence-electron chi connectivity index (χ3n) is 2.18. The molecule has 0 aliphatic heterocycles. The summed E-state index contributed by atoms with van der Waals surface area (Å²) < 4.78 is 5.32. The molecule has 0 spiro atoms. The second-order valence-electron chi connectivity index (χ2n) is 3.63. The molecule has 1 aromatic heterocycles. The number of rotatable bonds is 4. The minimum Gasteiger partial charge on any atom is -0.408 e. The molecular formula is C8H12ClN3O. The lowest BCUT2D eigenvalue weighted by Crippen LogP contribution is -2.15. The number of hydrogen-bond donors (Lipinski definition) is 1. The molecule has 0 aromatic carbocycles. The van der Waals surface area contributed by atoms with Gasteiger partial charge in [0, 0.05) is 17.8 Å². The Kier molecular flexibility index (Phi) is 2.15. The smallest absolute Gasteiger partial charge is 0.315 e. The number of halogens is 1. The first-order chi connectivity index (χ1) is 6.22. The van der Waals surface area contributed by atoms with Crippen LogP contribution < -0.4 is 5.32 Å². The van der Waals surface area contributed by atoms with Crippen LogP contribution in [0.5, 0.6) is 0 Å². The van der Waals surface area contributed by atoms with Crippen molar-refractivity contribution in [3.63, 3.8) is 0 Å². The number of alkyl halides is 1. The van der Waals surface area contributed by atoms with Crippen LogP contribution in [0.2, 0.25) is 0 Å². The SMILES string of the molecule is CC1(Nc2nnc(CCCl)o2)CC1. The fraction of sp³-hybridized carbons (Fsp3) is 0.750. The maximum atomic E-state index is 5.54. The van der Waals surface area contributed by atoms with Gasteiger partial charge in [-0.05, 0) is 19.8 Å². The third-order valence-corrected chi connectivity index (χ3v) is 2.37. The van der Waals surface area contributed by atoms with Crippen LogP contribution in [0.1, 0.15) is 25.7 Å². The van der Waals surface area contributed by atoms with Gasteiger partial charge in [-0.1, -0.05) is 5.10 Å². The molecule has 5 heteroatoms. The molecule has 0 saturated heterocycles. The zero-order chi connectivity index (χ0) is 9.31. The van der Waals surface area contributed by atoms with Crippen LogP contribution in [0, 0.1) is 0 Å². The van der Waals surface area contributed by atoms with Gasteiger partial charge in [0.1, 0.15) is 0 Å². The Morgan fingerprint density at radius 3 is 2.92 bits per heavy atom. The standard InChI is InChI=1S/C8H12ClN3O/c1-8(3-4-8)10-7-12-11-6(13-7)2-5-9/h2-5H2,1H3,(H,10,12). The molecule has 4 nitrogen and oxygen atoms in total. The lowest BCUT2D eigenvalue weighted by atomic mass is 10.3. The average molecular weight is 202 g/mol. The van der Waals surface area contributed by atoms with Gasteiger partial charge in [-0.3, -0.25) is 0 Å². The molecule has 0 amide bonds. The lowest BCUT2D eigenvalue weighted by molar-refractivity contribution is 0.506. The molecular weight excluding hydrogens is 190 g/mol. The summed E-state index contributed by atoms with van der Waals surface area (Å²) in [5.74, 6) is 1.11. The van der Waals surface area contributed by atoms with Gasteiger partial charge >= 0.3 is 6.01 Å². The van der Waals surface area contributed by atoms with Crippen molar-refractivity contribution in [2.24, 2.45) is 0 Å². The first-order valence-corrected chi connectivity index (χ1v) is 4.92. The summed E-state index contributed by atoms with van der Waals surface area (Å²) in [5.41, 5.74) is 0.185. The average Bonchev–Trinajstić information content (AvgIpc) is 2.61. The monoisotopic (exact) mass is 201 g/mol. The highest BCUT2D eigenvalue weighted by Gasteiger charge is 2.38. The molecule has 1 fully saturated rings. The number of aromatic nitrogens is 2. The molecule has 1 aliphatic rings. The van der Waals surface area contributed by atoms with Crippen molar-refractivity contribution in [2.75, 3.05) is 11.2 Å². The van der Waals surface area contributed by atoms with Crippen molar-refractivity contribution in [2.45, 2.75) is 31.7 Å². The molecule has 13 heavy (non-hydrogen) atoms. The summed E-state index contributed by atoms with van der Waals surface area (Å²) in [6, 6.07) is 0.514. The molecule has 2 rings (SSSR count). The van der Waals surface area contributed by atoms with E-state index in [0.717, 1.165) is 0 Å². The predicted octanol–water partition coefficient (Wildman–Crippen LogP) is 1.82.